The molecule has 0 aliphatic carbocycles. The second-order valence-electron chi connectivity index (χ2n) is 15.5. The van der Waals surface area contributed by atoms with Crippen molar-refractivity contribution < 1.29 is 0 Å². The van der Waals surface area contributed by atoms with E-state index in [1.807, 2.05) is 11.3 Å². The molecule has 1 heterocycles. The fraction of sp³-hybridized carbons (Fsp3) is 0.130. The molecule has 8 rings (SSSR count). The molecule has 0 aliphatic heterocycles. The lowest BCUT2D eigenvalue weighted by molar-refractivity contribution is 1.29. The third kappa shape index (κ3) is 6.31. The molecular weight excluding hydrogens is 669 g/mol. The highest BCUT2D eigenvalue weighted by Gasteiger charge is 2.23. The number of anilines is 6. The van der Waals surface area contributed by atoms with Gasteiger partial charge in [-0.05, 0) is 78.2 Å². The molecule has 0 saturated carbocycles. The second-order valence-corrected chi connectivity index (χ2v) is 26.8. The molecule has 2 nitrogen and oxygen atoms in total. The van der Waals surface area contributed by atoms with Crippen molar-refractivity contribution in [3.8, 4) is 0 Å². The quantitative estimate of drug-likeness (QED) is 0.145. The number of hydrogen-bond donors (Lipinski definition) is 0. The summed E-state index contributed by atoms with van der Waals surface area (Å²) in [5.74, 6) is 0. The Labute approximate surface area is 308 Å². The first kappa shape index (κ1) is 33.2. The summed E-state index contributed by atoms with van der Waals surface area (Å²) < 4.78 is 2.59. The molecule has 0 fully saturated rings. The van der Waals surface area contributed by atoms with Gasteiger partial charge in [-0.15, -0.1) is 11.3 Å². The molecular formula is C46H44N2SSi2. The van der Waals surface area contributed by atoms with Crippen LogP contribution < -0.4 is 20.2 Å². The number of thiophene rings is 1. The van der Waals surface area contributed by atoms with Crippen molar-refractivity contribution in [2.75, 3.05) is 9.80 Å². The van der Waals surface area contributed by atoms with Gasteiger partial charge in [0.15, 0.2) is 0 Å². The van der Waals surface area contributed by atoms with E-state index in [0.29, 0.717) is 0 Å². The van der Waals surface area contributed by atoms with E-state index in [2.05, 4.69) is 207 Å². The number of hydrogen-bond acceptors (Lipinski definition) is 3. The van der Waals surface area contributed by atoms with E-state index in [4.69, 9.17) is 0 Å². The van der Waals surface area contributed by atoms with Crippen LogP contribution in [-0.4, -0.2) is 16.1 Å². The van der Waals surface area contributed by atoms with E-state index in [-0.39, 0.29) is 0 Å². The van der Waals surface area contributed by atoms with Crippen molar-refractivity contribution in [2.24, 2.45) is 0 Å². The van der Waals surface area contributed by atoms with Crippen LogP contribution in [-0.2, 0) is 0 Å². The van der Waals surface area contributed by atoms with Crippen molar-refractivity contribution >= 4 is 103 Å². The lowest BCUT2D eigenvalue weighted by atomic mass is 10.0. The summed E-state index contributed by atoms with van der Waals surface area (Å²) >= 11 is 1.89. The summed E-state index contributed by atoms with van der Waals surface area (Å²) in [4.78, 5) is 4.83. The molecule has 0 radical (unpaired) electrons. The van der Waals surface area contributed by atoms with E-state index >= 15 is 0 Å². The number of benzene rings is 7. The first-order valence-corrected chi connectivity index (χ1v) is 25.7. The molecule has 0 amide bonds. The van der Waals surface area contributed by atoms with Crippen molar-refractivity contribution in [1.82, 2.24) is 0 Å². The van der Waals surface area contributed by atoms with Gasteiger partial charge in [-0.25, -0.2) is 0 Å². The van der Waals surface area contributed by atoms with Crippen LogP contribution in [0.3, 0.4) is 0 Å². The Morgan fingerprint density at radius 2 is 0.824 bits per heavy atom. The summed E-state index contributed by atoms with van der Waals surface area (Å²) in [6, 6.07) is 58.5. The Hall–Kier alpha value is -4.95. The Morgan fingerprint density at radius 3 is 1.37 bits per heavy atom. The zero-order valence-electron chi connectivity index (χ0n) is 30.3. The summed E-state index contributed by atoms with van der Waals surface area (Å²) in [5, 5.41) is 8.07. The number of fused-ring (bicyclic) bond motifs is 5. The zero-order chi connectivity index (χ0) is 35.3. The molecule has 0 unspecified atom stereocenters. The van der Waals surface area contributed by atoms with Crippen LogP contribution in [0.4, 0.5) is 34.1 Å². The van der Waals surface area contributed by atoms with Crippen LogP contribution in [0.1, 0.15) is 0 Å². The molecule has 0 aliphatic rings. The lowest BCUT2D eigenvalue weighted by Gasteiger charge is -2.28. The summed E-state index contributed by atoms with van der Waals surface area (Å²) in [7, 11) is -2.85. The molecule has 252 valence electrons. The predicted octanol–water partition coefficient (Wildman–Crippen LogP) is 13.2. The normalized spacial score (nSPS) is 12.1. The third-order valence-electron chi connectivity index (χ3n) is 9.95. The maximum absolute atomic E-state index is 2.44. The van der Waals surface area contributed by atoms with Crippen LogP contribution in [0.15, 0.2) is 158 Å². The maximum Gasteiger partial charge on any atom is 0.0775 e. The summed E-state index contributed by atoms with van der Waals surface area (Å²) in [6.45, 7) is 14.5. The first-order chi connectivity index (χ1) is 24.6. The standard InChI is InChI=1S/C46H44N2SSi2/c1-50(2,3)38-26-21-35(22-27-38)47(33-15-9-7-10-16-33)37-25-30-44-42(31-37)46-41-20-14-13-19-40(41)43(32-45(46)49-44)48(34-17-11-8-12-18-34)36-23-28-39(29-24-36)51(4,5)6/h7-32H,1-6H3. The minimum Gasteiger partial charge on any atom is -0.310 e. The predicted molar refractivity (Wildman–Crippen MR) is 232 cm³/mol. The molecule has 0 bridgehead atoms. The van der Waals surface area contributed by atoms with Crippen molar-refractivity contribution in [3.05, 3.63) is 158 Å². The van der Waals surface area contributed by atoms with E-state index in [1.165, 1.54) is 58.4 Å². The number of rotatable bonds is 8. The summed E-state index contributed by atoms with van der Waals surface area (Å²) in [5.41, 5.74) is 7.02. The van der Waals surface area contributed by atoms with E-state index in [1.54, 1.807) is 0 Å². The Kier molecular flexibility index (Phi) is 8.46. The van der Waals surface area contributed by atoms with Gasteiger partial charge in [0.1, 0.15) is 0 Å². The molecule has 8 aromatic rings. The zero-order valence-corrected chi connectivity index (χ0v) is 33.1. The van der Waals surface area contributed by atoms with Crippen LogP contribution >= 0.6 is 11.3 Å². The first-order valence-electron chi connectivity index (χ1n) is 17.9. The Bertz CT molecular complexity index is 2480. The average molecular weight is 713 g/mol. The van der Waals surface area contributed by atoms with Gasteiger partial charge >= 0.3 is 0 Å². The van der Waals surface area contributed by atoms with Gasteiger partial charge in [0.2, 0.25) is 0 Å². The van der Waals surface area contributed by atoms with Gasteiger partial charge in [0, 0.05) is 54.0 Å². The van der Waals surface area contributed by atoms with Crippen LogP contribution in [0.5, 0.6) is 0 Å². The lowest BCUT2D eigenvalue weighted by Crippen LogP contribution is -2.37. The van der Waals surface area contributed by atoms with Gasteiger partial charge in [-0.3, -0.25) is 0 Å². The molecule has 0 saturated heterocycles. The molecule has 0 N–H and O–H groups in total. The molecule has 51 heavy (non-hydrogen) atoms. The van der Waals surface area contributed by atoms with Gasteiger partial charge in [-0.1, -0.05) is 135 Å². The van der Waals surface area contributed by atoms with E-state index in [0.717, 1.165) is 17.1 Å². The van der Waals surface area contributed by atoms with Gasteiger partial charge < -0.3 is 9.80 Å². The highest BCUT2D eigenvalue weighted by Crippen LogP contribution is 2.47. The highest BCUT2D eigenvalue weighted by atomic mass is 32.1. The minimum atomic E-state index is -1.43. The van der Waals surface area contributed by atoms with Crippen LogP contribution in [0, 0.1) is 0 Å². The van der Waals surface area contributed by atoms with Crippen molar-refractivity contribution in [2.45, 2.75) is 39.3 Å². The topological polar surface area (TPSA) is 6.48 Å². The van der Waals surface area contributed by atoms with E-state index in [9.17, 15) is 0 Å². The number of nitrogens with zero attached hydrogens (tertiary/aromatic N) is 2. The van der Waals surface area contributed by atoms with Gasteiger partial charge in [0.25, 0.3) is 0 Å². The van der Waals surface area contributed by atoms with Crippen molar-refractivity contribution in [3.63, 3.8) is 0 Å². The monoisotopic (exact) mass is 712 g/mol. The van der Waals surface area contributed by atoms with Gasteiger partial charge in [-0.2, -0.15) is 0 Å². The molecule has 5 heteroatoms. The van der Waals surface area contributed by atoms with Gasteiger partial charge in [0.05, 0.1) is 21.8 Å². The molecule has 0 atom stereocenters. The summed E-state index contributed by atoms with van der Waals surface area (Å²) in [6.07, 6.45) is 0. The van der Waals surface area contributed by atoms with E-state index < -0.39 is 16.1 Å². The fourth-order valence-electron chi connectivity index (χ4n) is 7.18. The Morgan fingerprint density at radius 1 is 0.373 bits per heavy atom. The molecule has 1 aromatic heterocycles. The Balaban J connectivity index is 1.33. The average Bonchev–Trinajstić information content (AvgIpc) is 3.50. The second kappa shape index (κ2) is 13.0. The fourth-order valence-corrected chi connectivity index (χ4v) is 10.7. The third-order valence-corrected chi connectivity index (χ3v) is 15.2. The number of para-hydroxylation sites is 2. The van der Waals surface area contributed by atoms with Crippen LogP contribution in [0.25, 0.3) is 30.9 Å². The van der Waals surface area contributed by atoms with Crippen molar-refractivity contribution in [1.29, 1.82) is 0 Å². The highest BCUT2D eigenvalue weighted by molar-refractivity contribution is 7.26. The molecule has 0 spiro atoms. The molecule has 7 aromatic carbocycles. The SMILES string of the molecule is C[Si](C)(C)c1ccc(N(c2ccccc2)c2ccc3sc4cc(N(c5ccccc5)c5ccc([Si](C)(C)C)cc5)c5ccccc5c4c3c2)cc1. The van der Waals surface area contributed by atoms with Crippen LogP contribution in [0.2, 0.25) is 39.3 Å². The minimum absolute atomic E-state index is 1.16. The maximum atomic E-state index is 2.44. The largest absolute Gasteiger partial charge is 0.310 e. The smallest absolute Gasteiger partial charge is 0.0775 e.